The highest BCUT2D eigenvalue weighted by molar-refractivity contribution is 7.80. The number of halogens is 2. The fraction of sp³-hybridized carbons (Fsp3) is 0.0476. The van der Waals surface area contributed by atoms with Crippen LogP contribution in [0.4, 0.5) is 5.69 Å². The Labute approximate surface area is 178 Å². The van der Waals surface area contributed by atoms with Gasteiger partial charge < -0.3 is 10.1 Å². The number of hydrogen-bond acceptors (Lipinski definition) is 3. The van der Waals surface area contributed by atoms with E-state index in [2.05, 4.69) is 10.6 Å². The third-order valence-electron chi connectivity index (χ3n) is 3.77. The molecule has 0 bridgehead atoms. The first-order valence-electron chi connectivity index (χ1n) is 8.36. The second kappa shape index (κ2) is 9.55. The van der Waals surface area contributed by atoms with E-state index in [1.807, 2.05) is 30.3 Å². The largest absolute Gasteiger partial charge is 0.489 e. The maximum atomic E-state index is 12.5. The van der Waals surface area contributed by atoms with Gasteiger partial charge in [0.05, 0.1) is 15.7 Å². The van der Waals surface area contributed by atoms with Crippen molar-refractivity contribution in [3.8, 4) is 5.75 Å². The Kier molecular flexibility index (Phi) is 6.87. The summed E-state index contributed by atoms with van der Waals surface area (Å²) in [6.07, 6.45) is 0. The van der Waals surface area contributed by atoms with E-state index in [0.717, 1.165) is 5.56 Å². The third kappa shape index (κ3) is 5.45. The van der Waals surface area contributed by atoms with Gasteiger partial charge in [0.25, 0.3) is 5.91 Å². The van der Waals surface area contributed by atoms with E-state index in [9.17, 15) is 4.79 Å². The van der Waals surface area contributed by atoms with Crippen molar-refractivity contribution in [2.45, 2.75) is 6.61 Å². The van der Waals surface area contributed by atoms with Crippen LogP contribution < -0.4 is 15.4 Å². The standard InChI is InChI=1S/C21H16Cl2N2O2S/c22-17-10-5-11-18(19(17)23)24-21(28)25-20(26)15-8-4-9-16(12-15)27-13-14-6-2-1-3-7-14/h1-12H,13H2,(H2,24,25,26,28). The number of benzene rings is 3. The summed E-state index contributed by atoms with van der Waals surface area (Å²) in [6.45, 7) is 0.416. The van der Waals surface area contributed by atoms with E-state index in [0.29, 0.717) is 33.7 Å². The first kappa shape index (κ1) is 20.1. The van der Waals surface area contributed by atoms with Crippen molar-refractivity contribution in [3.05, 3.63) is 94.0 Å². The van der Waals surface area contributed by atoms with Crippen LogP contribution in [0.2, 0.25) is 10.0 Å². The van der Waals surface area contributed by atoms with Crippen molar-refractivity contribution < 1.29 is 9.53 Å². The molecule has 2 N–H and O–H groups in total. The molecule has 0 atom stereocenters. The quantitative estimate of drug-likeness (QED) is 0.509. The van der Waals surface area contributed by atoms with Gasteiger partial charge in [-0.1, -0.05) is 65.7 Å². The van der Waals surface area contributed by atoms with E-state index in [1.54, 1.807) is 42.5 Å². The molecule has 0 aliphatic carbocycles. The van der Waals surface area contributed by atoms with Crippen molar-refractivity contribution in [2.75, 3.05) is 5.32 Å². The molecule has 0 aromatic heterocycles. The van der Waals surface area contributed by atoms with Gasteiger partial charge in [0.2, 0.25) is 0 Å². The summed E-state index contributed by atoms with van der Waals surface area (Å²) < 4.78 is 5.75. The maximum Gasteiger partial charge on any atom is 0.257 e. The molecular formula is C21H16Cl2N2O2S. The van der Waals surface area contributed by atoms with Gasteiger partial charge in [-0.2, -0.15) is 0 Å². The highest BCUT2D eigenvalue weighted by atomic mass is 35.5. The number of hydrogen-bond donors (Lipinski definition) is 2. The molecule has 0 aliphatic heterocycles. The Balaban J connectivity index is 1.61. The average Bonchev–Trinajstić information content (AvgIpc) is 2.71. The molecule has 0 saturated heterocycles. The molecule has 3 rings (SSSR count). The van der Waals surface area contributed by atoms with Crippen molar-refractivity contribution in [3.63, 3.8) is 0 Å². The van der Waals surface area contributed by atoms with E-state index >= 15 is 0 Å². The zero-order valence-corrected chi connectivity index (χ0v) is 16.9. The topological polar surface area (TPSA) is 50.4 Å². The predicted octanol–water partition coefficient (Wildman–Crippen LogP) is 5.70. The summed E-state index contributed by atoms with van der Waals surface area (Å²) >= 11 is 17.3. The van der Waals surface area contributed by atoms with Gasteiger partial charge in [-0.3, -0.25) is 10.1 Å². The van der Waals surface area contributed by atoms with Crippen LogP contribution in [0.1, 0.15) is 15.9 Å². The Morgan fingerprint density at radius 3 is 2.50 bits per heavy atom. The van der Waals surface area contributed by atoms with E-state index in [4.69, 9.17) is 40.2 Å². The molecule has 0 radical (unpaired) electrons. The minimum atomic E-state index is -0.360. The second-order valence-electron chi connectivity index (χ2n) is 5.81. The monoisotopic (exact) mass is 430 g/mol. The van der Waals surface area contributed by atoms with Gasteiger partial charge in [-0.15, -0.1) is 0 Å². The van der Waals surface area contributed by atoms with Crippen LogP contribution >= 0.6 is 35.4 Å². The summed E-state index contributed by atoms with van der Waals surface area (Å²) in [7, 11) is 0. The summed E-state index contributed by atoms with van der Waals surface area (Å²) in [5.41, 5.74) is 1.98. The van der Waals surface area contributed by atoms with Crippen molar-refractivity contribution in [1.29, 1.82) is 0 Å². The molecule has 0 heterocycles. The van der Waals surface area contributed by atoms with Gasteiger partial charge >= 0.3 is 0 Å². The third-order valence-corrected chi connectivity index (χ3v) is 4.79. The normalized spacial score (nSPS) is 10.2. The smallest absolute Gasteiger partial charge is 0.257 e. The molecule has 1 amide bonds. The van der Waals surface area contributed by atoms with Crippen LogP contribution in [0.3, 0.4) is 0 Å². The second-order valence-corrected chi connectivity index (χ2v) is 7.01. The first-order chi connectivity index (χ1) is 13.5. The number of ether oxygens (including phenoxy) is 1. The fourth-order valence-electron chi connectivity index (χ4n) is 2.40. The Bertz CT molecular complexity index is 997. The molecule has 0 aliphatic rings. The van der Waals surface area contributed by atoms with E-state index < -0.39 is 0 Å². The predicted molar refractivity (Wildman–Crippen MR) is 117 cm³/mol. The maximum absolute atomic E-state index is 12.5. The number of thiocarbonyl (C=S) groups is 1. The fourth-order valence-corrected chi connectivity index (χ4v) is 2.95. The SMILES string of the molecule is O=C(NC(=S)Nc1cccc(Cl)c1Cl)c1cccc(OCc2ccccc2)c1. The molecule has 3 aromatic rings. The lowest BCUT2D eigenvalue weighted by Crippen LogP contribution is -2.34. The summed E-state index contributed by atoms with van der Waals surface area (Å²) in [4.78, 5) is 12.5. The molecule has 28 heavy (non-hydrogen) atoms. The van der Waals surface area contributed by atoms with Crippen molar-refractivity contribution in [2.24, 2.45) is 0 Å². The Morgan fingerprint density at radius 1 is 0.964 bits per heavy atom. The molecule has 0 unspecified atom stereocenters. The average molecular weight is 431 g/mol. The van der Waals surface area contributed by atoms with Crippen LogP contribution in [0.15, 0.2) is 72.8 Å². The van der Waals surface area contributed by atoms with Crippen LogP contribution in [-0.4, -0.2) is 11.0 Å². The lowest BCUT2D eigenvalue weighted by molar-refractivity contribution is 0.0977. The molecule has 0 spiro atoms. The number of carbonyl (C=O) groups is 1. The van der Waals surface area contributed by atoms with Crippen molar-refractivity contribution in [1.82, 2.24) is 5.32 Å². The molecule has 0 fully saturated rings. The van der Waals surface area contributed by atoms with Crippen LogP contribution in [-0.2, 0) is 6.61 Å². The van der Waals surface area contributed by atoms with Crippen LogP contribution in [0, 0.1) is 0 Å². The lowest BCUT2D eigenvalue weighted by atomic mass is 10.2. The minimum Gasteiger partial charge on any atom is -0.489 e. The molecule has 4 nitrogen and oxygen atoms in total. The number of rotatable bonds is 5. The van der Waals surface area contributed by atoms with Crippen LogP contribution in [0.5, 0.6) is 5.75 Å². The molecule has 142 valence electrons. The Hall–Kier alpha value is -2.60. The van der Waals surface area contributed by atoms with Gasteiger partial charge in [0.1, 0.15) is 12.4 Å². The first-order valence-corrected chi connectivity index (χ1v) is 9.52. The molecule has 3 aromatic carbocycles. The molecule has 0 saturated carbocycles. The highest BCUT2D eigenvalue weighted by Crippen LogP contribution is 2.29. The minimum absolute atomic E-state index is 0.116. The summed E-state index contributed by atoms with van der Waals surface area (Å²) in [6, 6.07) is 21.8. The van der Waals surface area contributed by atoms with E-state index in [1.165, 1.54) is 0 Å². The summed E-state index contributed by atoms with van der Waals surface area (Å²) in [5.74, 6) is 0.231. The zero-order valence-electron chi connectivity index (χ0n) is 14.6. The van der Waals surface area contributed by atoms with Crippen LogP contribution in [0.25, 0.3) is 0 Å². The van der Waals surface area contributed by atoms with Gasteiger partial charge in [-0.05, 0) is 48.1 Å². The number of amides is 1. The Morgan fingerprint density at radius 2 is 1.71 bits per heavy atom. The number of anilines is 1. The number of nitrogens with one attached hydrogen (secondary N) is 2. The highest BCUT2D eigenvalue weighted by Gasteiger charge is 2.11. The molecule has 7 heteroatoms. The summed E-state index contributed by atoms with van der Waals surface area (Å²) in [5, 5.41) is 6.32. The van der Waals surface area contributed by atoms with E-state index in [-0.39, 0.29) is 11.0 Å². The van der Waals surface area contributed by atoms with Crippen molar-refractivity contribution >= 4 is 52.1 Å². The van der Waals surface area contributed by atoms with Gasteiger partial charge in [0, 0.05) is 5.56 Å². The van der Waals surface area contributed by atoms with Gasteiger partial charge in [0.15, 0.2) is 5.11 Å². The molecular weight excluding hydrogens is 415 g/mol. The lowest BCUT2D eigenvalue weighted by Gasteiger charge is -2.12. The van der Waals surface area contributed by atoms with Gasteiger partial charge in [-0.25, -0.2) is 0 Å². The number of carbonyl (C=O) groups excluding carboxylic acids is 1. The zero-order chi connectivity index (χ0) is 19.9.